The number of anilines is 1. The number of carbonyl (C=O) groups excluding carboxylic acids is 4. The van der Waals surface area contributed by atoms with Crippen LogP contribution in [0.5, 0.6) is 5.75 Å². The molecular formula is C17H21N3O6. The third-order valence-corrected chi connectivity index (χ3v) is 3.56. The Hall–Kier alpha value is -3.10. The van der Waals surface area contributed by atoms with Gasteiger partial charge in [-0.3, -0.25) is 19.3 Å². The van der Waals surface area contributed by atoms with Crippen molar-refractivity contribution in [2.24, 2.45) is 0 Å². The monoisotopic (exact) mass is 363 g/mol. The zero-order valence-electron chi connectivity index (χ0n) is 14.8. The van der Waals surface area contributed by atoms with Gasteiger partial charge in [0.05, 0.1) is 12.3 Å². The molecule has 26 heavy (non-hydrogen) atoms. The van der Waals surface area contributed by atoms with Crippen LogP contribution in [0.3, 0.4) is 0 Å². The van der Waals surface area contributed by atoms with Gasteiger partial charge in [0, 0.05) is 0 Å². The normalized spacial score (nSPS) is 15.4. The van der Waals surface area contributed by atoms with Crippen LogP contribution in [0, 0.1) is 0 Å². The summed E-state index contributed by atoms with van der Waals surface area (Å²) in [6.07, 6.45) is 0. The number of ether oxygens (including phenoxy) is 2. The number of hydrogen-bond donors (Lipinski definition) is 2. The smallest absolute Gasteiger partial charge is 0.326 e. The van der Waals surface area contributed by atoms with E-state index < -0.39 is 42.5 Å². The maximum Gasteiger partial charge on any atom is 0.326 e. The van der Waals surface area contributed by atoms with Crippen molar-refractivity contribution in [1.29, 1.82) is 0 Å². The van der Waals surface area contributed by atoms with Crippen molar-refractivity contribution >= 4 is 29.5 Å². The molecule has 0 spiro atoms. The van der Waals surface area contributed by atoms with Gasteiger partial charge in [0.2, 0.25) is 0 Å². The summed E-state index contributed by atoms with van der Waals surface area (Å²) in [7, 11) is 0. The van der Waals surface area contributed by atoms with Crippen LogP contribution in [-0.4, -0.2) is 54.0 Å². The lowest BCUT2D eigenvalue weighted by atomic mass is 10.1. The molecule has 1 saturated heterocycles. The van der Waals surface area contributed by atoms with Gasteiger partial charge in [0.1, 0.15) is 17.8 Å². The van der Waals surface area contributed by atoms with Crippen LogP contribution in [0.4, 0.5) is 10.5 Å². The highest BCUT2D eigenvalue weighted by atomic mass is 16.5. The molecule has 1 fully saturated rings. The fourth-order valence-electron chi connectivity index (χ4n) is 2.32. The largest absolute Gasteiger partial charge is 0.492 e. The number of benzene rings is 1. The van der Waals surface area contributed by atoms with Crippen molar-refractivity contribution in [3.8, 4) is 5.75 Å². The van der Waals surface area contributed by atoms with Gasteiger partial charge >= 0.3 is 12.0 Å². The molecule has 9 nitrogen and oxygen atoms in total. The predicted octanol–water partition coefficient (Wildman–Crippen LogP) is 0.897. The number of imide groups is 1. The summed E-state index contributed by atoms with van der Waals surface area (Å²) in [6.45, 7) is 4.20. The molecular weight excluding hydrogens is 342 g/mol. The second kappa shape index (κ2) is 7.85. The number of para-hydroxylation sites is 2. The highest BCUT2D eigenvalue weighted by Crippen LogP contribution is 2.23. The van der Waals surface area contributed by atoms with Crippen molar-refractivity contribution in [2.75, 3.05) is 25.1 Å². The third kappa shape index (κ3) is 4.50. The van der Waals surface area contributed by atoms with Crippen LogP contribution in [-0.2, 0) is 19.1 Å². The molecule has 0 aromatic heterocycles. The summed E-state index contributed by atoms with van der Waals surface area (Å²) < 4.78 is 10.2. The number of hydrogen-bond acceptors (Lipinski definition) is 6. The Morgan fingerprint density at radius 1 is 1.23 bits per heavy atom. The molecule has 2 N–H and O–H groups in total. The number of esters is 1. The fraction of sp³-hybridized carbons (Fsp3) is 0.412. The van der Waals surface area contributed by atoms with Gasteiger partial charge in [-0.25, -0.2) is 4.79 Å². The van der Waals surface area contributed by atoms with Gasteiger partial charge in [0.15, 0.2) is 6.61 Å². The minimum absolute atomic E-state index is 0.435. The van der Waals surface area contributed by atoms with E-state index >= 15 is 0 Å². The predicted molar refractivity (Wildman–Crippen MR) is 91.5 cm³/mol. The topological polar surface area (TPSA) is 114 Å². The third-order valence-electron chi connectivity index (χ3n) is 3.56. The molecule has 0 radical (unpaired) electrons. The standard InChI is InChI=1S/C17H21N3O6/c1-4-25-12-8-6-5-7-11(12)18-13(21)10-26-14(22)9-20-15(23)17(2,3)19-16(20)24/h5-8H,4,9-10H2,1-3H3,(H,18,21)(H,19,24). The Bertz CT molecular complexity index is 731. The highest BCUT2D eigenvalue weighted by molar-refractivity contribution is 6.08. The molecule has 140 valence electrons. The quantitative estimate of drug-likeness (QED) is 0.549. The van der Waals surface area contributed by atoms with E-state index in [1.54, 1.807) is 24.3 Å². The summed E-state index contributed by atoms with van der Waals surface area (Å²) in [5, 5.41) is 5.02. The van der Waals surface area contributed by atoms with Crippen LogP contribution >= 0.6 is 0 Å². The van der Waals surface area contributed by atoms with Crippen molar-refractivity contribution in [1.82, 2.24) is 10.2 Å². The summed E-state index contributed by atoms with van der Waals surface area (Å²) in [6, 6.07) is 6.17. The second-order valence-electron chi connectivity index (χ2n) is 6.08. The van der Waals surface area contributed by atoms with Crippen molar-refractivity contribution in [3.63, 3.8) is 0 Å². The van der Waals surface area contributed by atoms with Gasteiger partial charge < -0.3 is 20.1 Å². The molecule has 4 amide bonds. The summed E-state index contributed by atoms with van der Waals surface area (Å²) in [5.41, 5.74) is -0.621. The Balaban J connectivity index is 1.85. The highest BCUT2D eigenvalue weighted by Gasteiger charge is 2.45. The molecule has 9 heteroatoms. The number of nitrogens with one attached hydrogen (secondary N) is 2. The maximum atomic E-state index is 12.0. The SMILES string of the molecule is CCOc1ccccc1NC(=O)COC(=O)CN1C(=O)NC(C)(C)C1=O. The Morgan fingerprint density at radius 3 is 2.54 bits per heavy atom. The minimum atomic E-state index is -1.07. The van der Waals surface area contributed by atoms with E-state index in [-0.39, 0.29) is 0 Å². The first-order valence-electron chi connectivity index (χ1n) is 8.06. The first-order chi connectivity index (χ1) is 12.2. The van der Waals surface area contributed by atoms with Crippen molar-refractivity contribution in [2.45, 2.75) is 26.3 Å². The van der Waals surface area contributed by atoms with Gasteiger partial charge in [-0.2, -0.15) is 0 Å². The number of urea groups is 1. The van der Waals surface area contributed by atoms with E-state index in [2.05, 4.69) is 10.6 Å². The zero-order chi connectivity index (χ0) is 19.3. The average Bonchev–Trinajstić information content (AvgIpc) is 2.77. The van der Waals surface area contributed by atoms with E-state index in [9.17, 15) is 19.2 Å². The van der Waals surface area contributed by atoms with Crippen LogP contribution in [0.1, 0.15) is 20.8 Å². The minimum Gasteiger partial charge on any atom is -0.492 e. The lowest BCUT2D eigenvalue weighted by Crippen LogP contribution is -2.41. The molecule has 0 bridgehead atoms. The number of nitrogens with zero attached hydrogens (tertiary/aromatic N) is 1. The second-order valence-corrected chi connectivity index (χ2v) is 6.08. The first kappa shape index (κ1) is 19.2. The Morgan fingerprint density at radius 2 is 1.92 bits per heavy atom. The molecule has 0 atom stereocenters. The van der Waals surface area contributed by atoms with Crippen LogP contribution in [0.2, 0.25) is 0 Å². The van der Waals surface area contributed by atoms with E-state index in [0.717, 1.165) is 4.90 Å². The molecule has 0 unspecified atom stereocenters. The molecule has 0 saturated carbocycles. The zero-order valence-corrected chi connectivity index (χ0v) is 14.8. The lowest BCUT2D eigenvalue weighted by Gasteiger charge is -2.15. The Kier molecular flexibility index (Phi) is 5.81. The van der Waals surface area contributed by atoms with Gasteiger partial charge in [-0.1, -0.05) is 12.1 Å². The van der Waals surface area contributed by atoms with Gasteiger partial charge in [0.25, 0.3) is 11.8 Å². The Labute approximate surface area is 150 Å². The summed E-state index contributed by atoms with van der Waals surface area (Å²) in [4.78, 5) is 48.2. The maximum absolute atomic E-state index is 12.0. The molecule has 1 aliphatic heterocycles. The first-order valence-corrected chi connectivity index (χ1v) is 8.06. The van der Waals surface area contributed by atoms with Crippen molar-refractivity contribution < 1.29 is 28.7 Å². The molecule has 1 heterocycles. The average molecular weight is 363 g/mol. The molecule has 0 aliphatic carbocycles. The molecule has 2 rings (SSSR count). The summed E-state index contributed by atoms with van der Waals surface area (Å²) >= 11 is 0. The lowest BCUT2D eigenvalue weighted by molar-refractivity contribution is -0.150. The van der Waals surface area contributed by atoms with Gasteiger partial charge in [-0.15, -0.1) is 0 Å². The van der Waals surface area contributed by atoms with E-state index in [1.165, 1.54) is 13.8 Å². The van der Waals surface area contributed by atoms with Crippen LogP contribution in [0.25, 0.3) is 0 Å². The fourth-order valence-corrected chi connectivity index (χ4v) is 2.32. The van der Waals surface area contributed by atoms with E-state index in [4.69, 9.17) is 9.47 Å². The summed E-state index contributed by atoms with van der Waals surface area (Å²) in [5.74, 6) is -1.46. The van der Waals surface area contributed by atoms with E-state index in [1.807, 2.05) is 6.92 Å². The van der Waals surface area contributed by atoms with Crippen LogP contribution < -0.4 is 15.4 Å². The molecule has 1 aromatic rings. The number of amides is 4. The molecule has 1 aromatic carbocycles. The van der Waals surface area contributed by atoms with Crippen LogP contribution in [0.15, 0.2) is 24.3 Å². The number of carbonyl (C=O) groups is 4. The number of rotatable bonds is 7. The van der Waals surface area contributed by atoms with E-state index in [0.29, 0.717) is 18.0 Å². The molecule has 1 aliphatic rings. The van der Waals surface area contributed by atoms with Crippen molar-refractivity contribution in [3.05, 3.63) is 24.3 Å². The van der Waals surface area contributed by atoms with Gasteiger partial charge in [-0.05, 0) is 32.9 Å².